The minimum absolute atomic E-state index is 0.0258. The molecule has 1 fully saturated rings. The highest BCUT2D eigenvalue weighted by Crippen LogP contribution is 2.27. The molecule has 0 aliphatic carbocycles. The van der Waals surface area contributed by atoms with Gasteiger partial charge in [0.25, 0.3) is 10.2 Å². The van der Waals surface area contributed by atoms with Gasteiger partial charge in [-0.15, -0.1) is 0 Å². The molecule has 4 N–H and O–H groups in total. The van der Waals surface area contributed by atoms with Gasteiger partial charge in [-0.25, -0.2) is 13.6 Å². The first-order valence-electron chi connectivity index (χ1n) is 5.95. The van der Waals surface area contributed by atoms with Crippen LogP contribution in [0.4, 0.5) is 5.69 Å². The maximum atomic E-state index is 12.6. The lowest BCUT2D eigenvalue weighted by Crippen LogP contribution is -2.52. The number of benzene rings is 1. The molecule has 118 valence electrons. The lowest BCUT2D eigenvalue weighted by Gasteiger charge is -2.32. The van der Waals surface area contributed by atoms with Crippen LogP contribution < -0.4 is 10.9 Å². The summed E-state index contributed by atoms with van der Waals surface area (Å²) in [4.78, 5) is 0.0616. The van der Waals surface area contributed by atoms with Crippen LogP contribution in [0.25, 0.3) is 0 Å². The number of nitrogens with zero attached hydrogens (tertiary/aromatic N) is 2. The van der Waals surface area contributed by atoms with E-state index in [0.29, 0.717) is 10.2 Å². The van der Waals surface area contributed by atoms with Crippen LogP contribution in [0.1, 0.15) is 0 Å². The van der Waals surface area contributed by atoms with Crippen molar-refractivity contribution in [3.63, 3.8) is 0 Å². The Hall–Kier alpha value is -0.720. The molecule has 1 aromatic rings. The Morgan fingerprint density at radius 3 is 2.05 bits per heavy atom. The van der Waals surface area contributed by atoms with Crippen LogP contribution in [0.15, 0.2) is 27.6 Å². The van der Waals surface area contributed by atoms with Gasteiger partial charge in [-0.3, -0.25) is 0 Å². The first-order chi connectivity index (χ1) is 9.62. The molecule has 11 heteroatoms. The summed E-state index contributed by atoms with van der Waals surface area (Å²) in [6, 6.07) is 4.51. The summed E-state index contributed by atoms with van der Waals surface area (Å²) in [5.74, 6) is 0. The molecule has 0 amide bonds. The topological polar surface area (TPSA) is 127 Å². The molecule has 1 saturated heterocycles. The van der Waals surface area contributed by atoms with E-state index in [-0.39, 0.29) is 31.1 Å². The van der Waals surface area contributed by atoms with Gasteiger partial charge >= 0.3 is 0 Å². The molecule has 1 aliphatic rings. The van der Waals surface area contributed by atoms with Crippen LogP contribution in [-0.2, 0) is 20.2 Å². The fourth-order valence-corrected chi connectivity index (χ4v) is 5.08. The summed E-state index contributed by atoms with van der Waals surface area (Å²) < 4.78 is 50.2. The fourth-order valence-electron chi connectivity index (χ4n) is 2.02. The number of sulfonamides is 1. The second kappa shape index (κ2) is 5.82. The van der Waals surface area contributed by atoms with Crippen molar-refractivity contribution in [2.45, 2.75) is 4.90 Å². The Balaban J connectivity index is 2.25. The maximum absolute atomic E-state index is 12.6. The van der Waals surface area contributed by atoms with Gasteiger partial charge < -0.3 is 5.73 Å². The van der Waals surface area contributed by atoms with Crippen molar-refractivity contribution in [2.24, 2.45) is 5.14 Å². The molecule has 2 rings (SSSR count). The van der Waals surface area contributed by atoms with E-state index in [1.165, 1.54) is 10.4 Å². The minimum Gasteiger partial charge on any atom is -0.399 e. The molecule has 0 spiro atoms. The molecular weight excluding hydrogens is 384 g/mol. The smallest absolute Gasteiger partial charge is 0.276 e. The van der Waals surface area contributed by atoms with E-state index in [2.05, 4.69) is 15.9 Å². The number of hydrogen-bond donors (Lipinski definition) is 2. The van der Waals surface area contributed by atoms with E-state index >= 15 is 0 Å². The van der Waals surface area contributed by atoms with Crippen LogP contribution >= 0.6 is 15.9 Å². The van der Waals surface area contributed by atoms with Crippen molar-refractivity contribution in [2.75, 3.05) is 31.9 Å². The summed E-state index contributed by atoms with van der Waals surface area (Å²) in [5, 5.41) is 5.03. The van der Waals surface area contributed by atoms with Crippen LogP contribution in [0.2, 0.25) is 0 Å². The molecule has 0 atom stereocenters. The second-order valence-electron chi connectivity index (χ2n) is 4.54. The number of anilines is 1. The van der Waals surface area contributed by atoms with Crippen LogP contribution in [0.5, 0.6) is 0 Å². The number of halogens is 1. The van der Waals surface area contributed by atoms with Crippen molar-refractivity contribution in [1.29, 1.82) is 0 Å². The van der Waals surface area contributed by atoms with Gasteiger partial charge in [0.15, 0.2) is 0 Å². The predicted octanol–water partition coefficient (Wildman–Crippen LogP) is -0.459. The first-order valence-corrected chi connectivity index (χ1v) is 9.69. The monoisotopic (exact) mass is 398 g/mol. The Bertz CT molecular complexity index is 742. The molecule has 8 nitrogen and oxygen atoms in total. The largest absolute Gasteiger partial charge is 0.399 e. The van der Waals surface area contributed by atoms with E-state index in [9.17, 15) is 16.8 Å². The van der Waals surface area contributed by atoms with E-state index in [4.69, 9.17) is 10.9 Å². The zero-order valence-electron chi connectivity index (χ0n) is 10.9. The number of piperazine rings is 1. The lowest BCUT2D eigenvalue weighted by atomic mass is 10.3. The van der Waals surface area contributed by atoms with Gasteiger partial charge in [-0.1, -0.05) is 0 Å². The van der Waals surface area contributed by atoms with Gasteiger partial charge in [0.05, 0.1) is 4.90 Å². The van der Waals surface area contributed by atoms with Gasteiger partial charge in [0.2, 0.25) is 10.0 Å². The molecule has 0 saturated carbocycles. The zero-order chi connectivity index (χ0) is 15.8. The average molecular weight is 399 g/mol. The molecule has 21 heavy (non-hydrogen) atoms. The van der Waals surface area contributed by atoms with Crippen LogP contribution in [0, 0.1) is 0 Å². The number of hydrogen-bond acceptors (Lipinski definition) is 5. The van der Waals surface area contributed by atoms with Crippen molar-refractivity contribution in [1.82, 2.24) is 8.61 Å². The summed E-state index contributed by atoms with van der Waals surface area (Å²) in [6.07, 6.45) is 0. The quantitative estimate of drug-likeness (QED) is 0.665. The maximum Gasteiger partial charge on any atom is 0.276 e. The standard InChI is InChI=1S/C10H15BrN4O4S2/c11-9-2-1-8(12)7-10(9)20(16,17)14-3-5-15(6-4-14)21(13,18)19/h1-2,7H,3-6,12H2,(H2,13,18,19). The van der Waals surface area contributed by atoms with Gasteiger partial charge in [-0.05, 0) is 34.1 Å². The van der Waals surface area contributed by atoms with E-state index in [1.54, 1.807) is 12.1 Å². The van der Waals surface area contributed by atoms with Gasteiger partial charge in [0, 0.05) is 36.3 Å². The molecular formula is C10H15BrN4O4S2. The Kier molecular flexibility index (Phi) is 4.61. The van der Waals surface area contributed by atoms with Crippen LogP contribution in [-0.4, -0.2) is 51.6 Å². The Labute approximate surface area is 132 Å². The molecule has 1 aromatic carbocycles. The van der Waals surface area contributed by atoms with E-state index < -0.39 is 20.2 Å². The van der Waals surface area contributed by atoms with Gasteiger partial charge in [-0.2, -0.15) is 17.0 Å². The summed E-state index contributed by atoms with van der Waals surface area (Å²) in [6.45, 7) is 0.135. The SMILES string of the molecule is Nc1ccc(Br)c(S(=O)(=O)N2CCN(S(N)(=O)=O)CC2)c1. The lowest BCUT2D eigenvalue weighted by molar-refractivity contribution is 0.273. The van der Waals surface area contributed by atoms with Crippen molar-refractivity contribution >= 4 is 41.8 Å². The predicted molar refractivity (Wildman–Crippen MR) is 82.0 cm³/mol. The summed E-state index contributed by atoms with van der Waals surface area (Å²) in [7, 11) is -7.53. The Morgan fingerprint density at radius 1 is 1.00 bits per heavy atom. The molecule has 0 radical (unpaired) electrons. The fraction of sp³-hybridized carbons (Fsp3) is 0.400. The zero-order valence-corrected chi connectivity index (χ0v) is 14.2. The highest BCUT2D eigenvalue weighted by Gasteiger charge is 2.32. The minimum atomic E-state index is -3.79. The molecule has 1 heterocycles. The molecule has 0 unspecified atom stereocenters. The van der Waals surface area contributed by atoms with Crippen molar-refractivity contribution in [3.05, 3.63) is 22.7 Å². The first kappa shape index (κ1) is 16.6. The second-order valence-corrected chi connectivity index (χ2v) is 8.84. The highest BCUT2D eigenvalue weighted by atomic mass is 79.9. The molecule has 0 aromatic heterocycles. The van der Waals surface area contributed by atoms with Crippen molar-refractivity contribution in [3.8, 4) is 0 Å². The van der Waals surface area contributed by atoms with Crippen molar-refractivity contribution < 1.29 is 16.8 Å². The molecule has 1 aliphatic heterocycles. The number of nitrogen functional groups attached to an aromatic ring is 1. The van der Waals surface area contributed by atoms with E-state index in [0.717, 1.165) is 4.31 Å². The third kappa shape index (κ3) is 3.55. The third-order valence-corrected chi connectivity index (χ3v) is 7.11. The summed E-state index contributed by atoms with van der Waals surface area (Å²) in [5.41, 5.74) is 5.96. The normalized spacial score (nSPS) is 18.8. The number of nitrogens with two attached hydrogens (primary N) is 2. The Morgan fingerprint density at radius 2 is 1.52 bits per heavy atom. The van der Waals surface area contributed by atoms with Crippen LogP contribution in [0.3, 0.4) is 0 Å². The molecule has 0 bridgehead atoms. The third-order valence-electron chi connectivity index (χ3n) is 3.13. The van der Waals surface area contributed by atoms with E-state index in [1.807, 2.05) is 0 Å². The summed E-state index contributed by atoms with van der Waals surface area (Å²) >= 11 is 3.19. The van der Waals surface area contributed by atoms with Gasteiger partial charge in [0.1, 0.15) is 0 Å². The average Bonchev–Trinajstić information content (AvgIpc) is 2.40. The highest BCUT2D eigenvalue weighted by molar-refractivity contribution is 9.10. The number of rotatable bonds is 3.